The summed E-state index contributed by atoms with van der Waals surface area (Å²) in [6.07, 6.45) is 1.87. The molecule has 2 N–H and O–H groups in total. The van der Waals surface area contributed by atoms with Gasteiger partial charge in [-0.25, -0.2) is 4.39 Å². The summed E-state index contributed by atoms with van der Waals surface area (Å²) in [7, 11) is 1.86. The van der Waals surface area contributed by atoms with Crippen LogP contribution in [0.15, 0.2) is 30.5 Å². The van der Waals surface area contributed by atoms with E-state index in [4.69, 9.17) is 0 Å². The average Bonchev–Trinajstić information content (AvgIpc) is 2.63. The van der Waals surface area contributed by atoms with Crippen molar-refractivity contribution in [1.29, 1.82) is 0 Å². The monoisotopic (exact) mass is 235 g/mol. The summed E-state index contributed by atoms with van der Waals surface area (Å²) in [4.78, 5) is 0. The zero-order valence-electron chi connectivity index (χ0n) is 9.52. The Labute approximate surface area is 98.7 Å². The van der Waals surface area contributed by atoms with E-state index in [-0.39, 0.29) is 5.75 Å². The SMILES string of the molecule is Cn1ccc(CNCc2cc(O)cc(F)c2)n1. The van der Waals surface area contributed by atoms with Crippen LogP contribution in [0, 0.1) is 5.82 Å². The maximum absolute atomic E-state index is 13.0. The van der Waals surface area contributed by atoms with Crippen molar-refractivity contribution >= 4 is 0 Å². The molecule has 4 nitrogen and oxygen atoms in total. The Bertz CT molecular complexity index is 490. The highest BCUT2D eigenvalue weighted by molar-refractivity contribution is 5.28. The van der Waals surface area contributed by atoms with Crippen LogP contribution >= 0.6 is 0 Å². The number of hydrogen-bond acceptors (Lipinski definition) is 3. The standard InChI is InChI=1S/C12H14FN3O/c1-16-3-2-11(15-16)8-14-7-9-4-10(13)6-12(17)5-9/h2-6,14,17H,7-8H2,1H3. The van der Waals surface area contributed by atoms with E-state index in [9.17, 15) is 9.50 Å². The highest BCUT2D eigenvalue weighted by Crippen LogP contribution is 2.14. The highest BCUT2D eigenvalue weighted by Gasteiger charge is 2.00. The minimum atomic E-state index is -0.431. The first-order chi connectivity index (χ1) is 8.13. The first-order valence-electron chi connectivity index (χ1n) is 5.31. The van der Waals surface area contributed by atoms with E-state index in [1.807, 2.05) is 19.3 Å². The van der Waals surface area contributed by atoms with E-state index in [0.29, 0.717) is 18.7 Å². The van der Waals surface area contributed by atoms with Gasteiger partial charge in [0.25, 0.3) is 0 Å². The van der Waals surface area contributed by atoms with Gasteiger partial charge in [-0.3, -0.25) is 4.68 Å². The lowest BCUT2D eigenvalue weighted by molar-refractivity contribution is 0.467. The molecule has 90 valence electrons. The number of benzene rings is 1. The third-order valence-electron chi connectivity index (χ3n) is 2.35. The van der Waals surface area contributed by atoms with Gasteiger partial charge in [-0.2, -0.15) is 5.10 Å². The Kier molecular flexibility index (Phi) is 3.39. The van der Waals surface area contributed by atoms with Gasteiger partial charge in [-0.05, 0) is 23.8 Å². The molecule has 1 aromatic carbocycles. The van der Waals surface area contributed by atoms with Crippen LogP contribution in [0.25, 0.3) is 0 Å². The predicted molar refractivity (Wildman–Crippen MR) is 61.8 cm³/mol. The molecule has 0 bridgehead atoms. The minimum Gasteiger partial charge on any atom is -0.508 e. The van der Waals surface area contributed by atoms with Crippen molar-refractivity contribution in [2.75, 3.05) is 0 Å². The molecule has 0 saturated heterocycles. The van der Waals surface area contributed by atoms with Crippen LogP contribution in [-0.4, -0.2) is 14.9 Å². The van der Waals surface area contributed by atoms with Gasteiger partial charge in [0, 0.05) is 32.4 Å². The van der Waals surface area contributed by atoms with Crippen molar-refractivity contribution < 1.29 is 9.50 Å². The number of nitrogens with zero attached hydrogens (tertiary/aromatic N) is 2. The van der Waals surface area contributed by atoms with Crippen molar-refractivity contribution in [3.8, 4) is 5.75 Å². The number of aromatic hydroxyl groups is 1. The molecule has 0 fully saturated rings. The van der Waals surface area contributed by atoms with Crippen LogP contribution in [-0.2, 0) is 20.1 Å². The molecular formula is C12H14FN3O. The fraction of sp³-hybridized carbons (Fsp3) is 0.250. The van der Waals surface area contributed by atoms with E-state index in [1.54, 1.807) is 4.68 Å². The zero-order chi connectivity index (χ0) is 12.3. The summed E-state index contributed by atoms with van der Waals surface area (Å²) in [6, 6.07) is 5.93. The molecule has 0 aliphatic carbocycles. The molecule has 0 aliphatic heterocycles. The highest BCUT2D eigenvalue weighted by atomic mass is 19.1. The molecule has 2 aromatic rings. The third-order valence-corrected chi connectivity index (χ3v) is 2.35. The Morgan fingerprint density at radius 3 is 2.82 bits per heavy atom. The van der Waals surface area contributed by atoms with Crippen LogP contribution in [0.1, 0.15) is 11.3 Å². The molecule has 0 unspecified atom stereocenters. The molecule has 1 heterocycles. The molecule has 0 spiro atoms. The van der Waals surface area contributed by atoms with E-state index in [1.165, 1.54) is 12.1 Å². The normalized spacial score (nSPS) is 10.7. The van der Waals surface area contributed by atoms with Gasteiger partial charge in [0.15, 0.2) is 0 Å². The number of nitrogens with one attached hydrogen (secondary N) is 1. The van der Waals surface area contributed by atoms with Crippen LogP contribution in [0.4, 0.5) is 4.39 Å². The number of aromatic nitrogens is 2. The molecule has 1 aromatic heterocycles. The van der Waals surface area contributed by atoms with Gasteiger partial charge in [0.2, 0.25) is 0 Å². The molecule has 0 saturated carbocycles. The Morgan fingerprint density at radius 1 is 1.35 bits per heavy atom. The minimum absolute atomic E-state index is 0.0559. The van der Waals surface area contributed by atoms with Crippen molar-refractivity contribution in [3.63, 3.8) is 0 Å². The van der Waals surface area contributed by atoms with Crippen molar-refractivity contribution in [1.82, 2.24) is 15.1 Å². The number of hydrogen-bond donors (Lipinski definition) is 2. The number of rotatable bonds is 4. The number of phenolic OH excluding ortho intramolecular Hbond substituents is 1. The smallest absolute Gasteiger partial charge is 0.127 e. The summed E-state index contributed by atoms with van der Waals surface area (Å²) in [5.74, 6) is -0.487. The second-order valence-electron chi connectivity index (χ2n) is 3.90. The van der Waals surface area contributed by atoms with Crippen LogP contribution in [0.5, 0.6) is 5.75 Å². The van der Waals surface area contributed by atoms with Crippen LogP contribution in [0.2, 0.25) is 0 Å². The second kappa shape index (κ2) is 4.97. The Balaban J connectivity index is 1.89. The number of phenols is 1. The number of halogens is 1. The van der Waals surface area contributed by atoms with E-state index in [0.717, 1.165) is 11.8 Å². The average molecular weight is 235 g/mol. The summed E-state index contributed by atoms with van der Waals surface area (Å²) >= 11 is 0. The van der Waals surface area contributed by atoms with E-state index < -0.39 is 5.82 Å². The third kappa shape index (κ3) is 3.29. The largest absolute Gasteiger partial charge is 0.508 e. The summed E-state index contributed by atoms with van der Waals surface area (Å²) in [5, 5.41) is 16.6. The van der Waals surface area contributed by atoms with Gasteiger partial charge in [-0.1, -0.05) is 0 Å². The van der Waals surface area contributed by atoms with Gasteiger partial charge in [0.05, 0.1) is 5.69 Å². The molecule has 0 atom stereocenters. The van der Waals surface area contributed by atoms with E-state index >= 15 is 0 Å². The molecular weight excluding hydrogens is 221 g/mol. The molecule has 0 aliphatic rings. The molecule has 17 heavy (non-hydrogen) atoms. The van der Waals surface area contributed by atoms with Gasteiger partial charge < -0.3 is 10.4 Å². The summed E-state index contributed by atoms with van der Waals surface area (Å²) in [6.45, 7) is 1.10. The van der Waals surface area contributed by atoms with Gasteiger partial charge in [0.1, 0.15) is 11.6 Å². The summed E-state index contributed by atoms with van der Waals surface area (Å²) < 4.78 is 14.7. The number of aryl methyl sites for hydroxylation is 1. The zero-order valence-corrected chi connectivity index (χ0v) is 9.52. The van der Waals surface area contributed by atoms with Gasteiger partial charge >= 0.3 is 0 Å². The topological polar surface area (TPSA) is 50.1 Å². The maximum Gasteiger partial charge on any atom is 0.127 e. The first kappa shape index (κ1) is 11.6. The van der Waals surface area contributed by atoms with Crippen molar-refractivity contribution in [3.05, 3.63) is 47.5 Å². The maximum atomic E-state index is 13.0. The first-order valence-corrected chi connectivity index (χ1v) is 5.31. The van der Waals surface area contributed by atoms with Crippen molar-refractivity contribution in [2.24, 2.45) is 7.05 Å². The predicted octanol–water partition coefficient (Wildman–Crippen LogP) is 1.55. The molecule has 2 rings (SSSR count). The fourth-order valence-electron chi connectivity index (χ4n) is 1.63. The van der Waals surface area contributed by atoms with Gasteiger partial charge in [-0.15, -0.1) is 0 Å². The molecule has 5 heteroatoms. The fourth-order valence-corrected chi connectivity index (χ4v) is 1.63. The van der Waals surface area contributed by atoms with E-state index in [2.05, 4.69) is 10.4 Å². The lowest BCUT2D eigenvalue weighted by Crippen LogP contribution is -2.13. The van der Waals surface area contributed by atoms with Crippen LogP contribution < -0.4 is 5.32 Å². The van der Waals surface area contributed by atoms with Crippen LogP contribution in [0.3, 0.4) is 0 Å². The molecule has 0 radical (unpaired) electrons. The summed E-state index contributed by atoms with van der Waals surface area (Å²) in [5.41, 5.74) is 1.63. The quantitative estimate of drug-likeness (QED) is 0.845. The second-order valence-corrected chi connectivity index (χ2v) is 3.90. The Morgan fingerprint density at radius 2 is 2.18 bits per heavy atom. The lowest BCUT2D eigenvalue weighted by atomic mass is 10.2. The molecule has 0 amide bonds. The lowest BCUT2D eigenvalue weighted by Gasteiger charge is -2.04. The van der Waals surface area contributed by atoms with Crippen molar-refractivity contribution in [2.45, 2.75) is 13.1 Å². The Hall–Kier alpha value is -1.88.